The van der Waals surface area contributed by atoms with Gasteiger partial charge in [0.25, 0.3) is 6.10 Å². The Morgan fingerprint density at radius 3 is 2.54 bits per heavy atom. The third-order valence-corrected chi connectivity index (χ3v) is 2.29. The highest BCUT2D eigenvalue weighted by Gasteiger charge is 2.27. The van der Waals surface area contributed by atoms with Crippen molar-refractivity contribution in [1.82, 2.24) is 0 Å². The highest BCUT2D eigenvalue weighted by molar-refractivity contribution is 5.97. The van der Waals surface area contributed by atoms with Gasteiger partial charge < -0.3 is 0 Å². The molecule has 1 aromatic carbocycles. The molecule has 0 fully saturated rings. The molecule has 68 valence electrons. The van der Waals surface area contributed by atoms with Gasteiger partial charge in [-0.05, 0) is 24.3 Å². The zero-order valence-electron chi connectivity index (χ0n) is 7.59. The molecule has 0 amide bonds. The summed E-state index contributed by atoms with van der Waals surface area (Å²) in [7, 11) is 0. The Hall–Kier alpha value is -1.18. The first-order chi connectivity index (χ1) is 6.25. The quantitative estimate of drug-likeness (QED) is 0.587. The van der Waals surface area contributed by atoms with Gasteiger partial charge in [-0.2, -0.15) is 0 Å². The fourth-order valence-corrected chi connectivity index (χ4v) is 1.54. The predicted molar refractivity (Wildman–Crippen MR) is 49.4 cm³/mol. The average molecular weight is 179 g/mol. The third kappa shape index (κ3) is 1.77. The zero-order chi connectivity index (χ0) is 9.26. The van der Waals surface area contributed by atoms with E-state index in [2.05, 4.69) is 6.92 Å². The molecule has 1 atom stereocenters. The highest BCUT2D eigenvalue weighted by atomic mass is 19.1. The molecule has 2 heteroatoms. The lowest BCUT2D eigenvalue weighted by Crippen LogP contribution is -1.95. The van der Waals surface area contributed by atoms with Gasteiger partial charge in [0.15, 0.2) is 0 Å². The van der Waals surface area contributed by atoms with Gasteiger partial charge in [0.2, 0.25) is 0 Å². The largest absolute Gasteiger partial charge is 0.327 e. The van der Waals surface area contributed by atoms with E-state index in [1.165, 1.54) is 12.1 Å². The van der Waals surface area contributed by atoms with Gasteiger partial charge in [0, 0.05) is 6.92 Å². The van der Waals surface area contributed by atoms with Crippen LogP contribution in [0.25, 0.3) is 0 Å². The first-order valence-corrected chi connectivity index (χ1v) is 4.54. The maximum absolute atomic E-state index is 12.6. The summed E-state index contributed by atoms with van der Waals surface area (Å²) in [6.07, 6.45) is 2.33. The molecule has 0 bridgehead atoms. The summed E-state index contributed by atoms with van der Waals surface area (Å²) < 4.78 is 18.2. The molecule has 0 aromatic heterocycles. The van der Waals surface area contributed by atoms with Crippen molar-refractivity contribution in [3.63, 3.8) is 0 Å². The van der Waals surface area contributed by atoms with Crippen molar-refractivity contribution in [2.45, 2.75) is 25.9 Å². The number of benzene rings is 1. The molecule has 0 saturated carbocycles. The van der Waals surface area contributed by atoms with Crippen LogP contribution in [0.3, 0.4) is 0 Å². The molecule has 0 spiro atoms. The van der Waals surface area contributed by atoms with E-state index in [-0.39, 0.29) is 5.82 Å². The average Bonchev–Trinajstić information content (AvgIpc) is 2.53. The fraction of sp³-hybridized carbons (Fsp3) is 0.364. The number of ketones is 1. The van der Waals surface area contributed by atoms with Crippen molar-refractivity contribution in [2.75, 3.05) is 0 Å². The number of rotatable bonds is 1. The fourth-order valence-electron chi connectivity index (χ4n) is 1.54. The van der Waals surface area contributed by atoms with E-state index in [4.69, 9.17) is 4.42 Å². The van der Waals surface area contributed by atoms with E-state index in [1.54, 1.807) is 12.1 Å². The Kier molecular flexibility index (Phi) is 2.13. The number of halogens is 1. The van der Waals surface area contributed by atoms with Crippen LogP contribution in [-0.2, 0) is 0 Å². The maximum Gasteiger partial charge on any atom is 0.327 e. The molecule has 0 saturated heterocycles. The van der Waals surface area contributed by atoms with E-state index in [9.17, 15) is 4.39 Å². The van der Waals surface area contributed by atoms with Gasteiger partial charge in [-0.25, -0.2) is 4.39 Å². The molecule has 1 aliphatic heterocycles. The van der Waals surface area contributed by atoms with Crippen LogP contribution in [0.2, 0.25) is 0 Å². The first kappa shape index (κ1) is 8.42. The lowest BCUT2D eigenvalue weighted by atomic mass is 10.1. The lowest BCUT2D eigenvalue weighted by molar-refractivity contribution is -0.307. The summed E-state index contributed by atoms with van der Waals surface area (Å²) in [6.45, 7) is 2.05. The molecular weight excluding hydrogens is 167 g/mol. The third-order valence-electron chi connectivity index (χ3n) is 2.29. The summed E-state index contributed by atoms with van der Waals surface area (Å²) in [6, 6.07) is 6.47. The second-order valence-electron chi connectivity index (χ2n) is 3.40. The van der Waals surface area contributed by atoms with Gasteiger partial charge in [-0.3, -0.25) is 4.42 Å². The molecule has 0 radical (unpaired) electrons. The molecule has 1 heterocycles. The van der Waals surface area contributed by atoms with E-state index >= 15 is 0 Å². The van der Waals surface area contributed by atoms with Crippen LogP contribution >= 0.6 is 0 Å². The minimum atomic E-state index is -0.199. The summed E-state index contributed by atoms with van der Waals surface area (Å²) >= 11 is 0. The lowest BCUT2D eigenvalue weighted by Gasteiger charge is -1.90. The Balaban J connectivity index is 2.26. The maximum atomic E-state index is 12.6. The normalized spacial score (nSPS) is 21.7. The summed E-state index contributed by atoms with van der Waals surface area (Å²) in [4.78, 5) is 0. The van der Waals surface area contributed by atoms with Gasteiger partial charge in [-0.1, -0.05) is 0 Å². The highest BCUT2D eigenvalue weighted by Crippen LogP contribution is 2.17. The molecular formula is C11H12FO+. The molecule has 1 aliphatic rings. The van der Waals surface area contributed by atoms with Gasteiger partial charge in [0.05, 0.1) is 18.4 Å². The first-order valence-electron chi connectivity index (χ1n) is 4.54. The Labute approximate surface area is 76.9 Å². The molecule has 1 nitrogen and oxygen atoms in total. The van der Waals surface area contributed by atoms with Crippen molar-refractivity contribution >= 4 is 5.78 Å². The van der Waals surface area contributed by atoms with E-state index in [0.29, 0.717) is 6.10 Å². The van der Waals surface area contributed by atoms with Crippen molar-refractivity contribution in [1.29, 1.82) is 0 Å². The molecule has 0 N–H and O–H groups in total. The molecule has 2 rings (SSSR count). The van der Waals surface area contributed by atoms with Crippen molar-refractivity contribution in [2.24, 2.45) is 0 Å². The minimum Gasteiger partial charge on any atom is -0.256 e. The number of hydrogen-bond acceptors (Lipinski definition) is 0. The summed E-state index contributed by atoms with van der Waals surface area (Å²) in [5.41, 5.74) is 1.01. The SMILES string of the molecule is CC1CCC(c2ccc(F)cc2)=[O+]1. The van der Waals surface area contributed by atoms with Gasteiger partial charge in [0.1, 0.15) is 5.82 Å². The standard InChI is InChI=1S/C11H12FO/c1-8-2-7-11(13-8)9-3-5-10(12)6-4-9/h3-6,8H,2,7H2,1H3/q+1. The van der Waals surface area contributed by atoms with Gasteiger partial charge in [-0.15, -0.1) is 0 Å². The second-order valence-corrected chi connectivity index (χ2v) is 3.40. The second kappa shape index (κ2) is 3.29. The minimum absolute atomic E-state index is 0.199. The topological polar surface area (TPSA) is 11.3 Å². The van der Waals surface area contributed by atoms with Crippen molar-refractivity contribution in [3.05, 3.63) is 35.6 Å². The molecule has 0 aliphatic carbocycles. The molecule has 13 heavy (non-hydrogen) atoms. The van der Waals surface area contributed by atoms with Crippen LogP contribution in [0.15, 0.2) is 24.3 Å². The smallest absolute Gasteiger partial charge is 0.256 e. The molecule has 1 unspecified atom stereocenters. The van der Waals surface area contributed by atoms with Crippen LogP contribution in [-0.4, -0.2) is 11.9 Å². The summed E-state index contributed by atoms with van der Waals surface area (Å²) in [5, 5.41) is 0. The van der Waals surface area contributed by atoms with Crippen LogP contribution in [0.5, 0.6) is 0 Å². The van der Waals surface area contributed by atoms with Crippen molar-refractivity contribution < 1.29 is 8.82 Å². The Morgan fingerprint density at radius 1 is 1.31 bits per heavy atom. The van der Waals surface area contributed by atoms with E-state index in [1.807, 2.05) is 0 Å². The zero-order valence-corrected chi connectivity index (χ0v) is 7.59. The Bertz CT molecular complexity index is 326. The van der Waals surface area contributed by atoms with E-state index in [0.717, 1.165) is 24.2 Å². The predicted octanol–water partition coefficient (Wildman–Crippen LogP) is 2.73. The van der Waals surface area contributed by atoms with Crippen LogP contribution in [0.4, 0.5) is 4.39 Å². The molecule has 1 aromatic rings. The van der Waals surface area contributed by atoms with Crippen molar-refractivity contribution in [3.8, 4) is 0 Å². The van der Waals surface area contributed by atoms with E-state index < -0.39 is 0 Å². The van der Waals surface area contributed by atoms with Crippen LogP contribution in [0.1, 0.15) is 29.8 Å². The number of hydrogen-bond donors (Lipinski definition) is 0. The summed E-state index contributed by atoms with van der Waals surface area (Å²) in [5.74, 6) is 0.794. The van der Waals surface area contributed by atoms with Crippen LogP contribution in [0, 0.1) is 5.82 Å². The van der Waals surface area contributed by atoms with Crippen LogP contribution < -0.4 is 0 Å². The number of carbonyl (C=O) groups excluding carboxylic acids is 1. The monoisotopic (exact) mass is 179 g/mol. The Morgan fingerprint density at radius 2 is 2.00 bits per heavy atom. The van der Waals surface area contributed by atoms with Gasteiger partial charge >= 0.3 is 5.78 Å².